The lowest BCUT2D eigenvalue weighted by atomic mass is 9.84. The van der Waals surface area contributed by atoms with Gasteiger partial charge in [-0.15, -0.1) is 0 Å². The molecule has 0 N–H and O–H groups in total. The van der Waals surface area contributed by atoms with Gasteiger partial charge in [-0.25, -0.2) is 0 Å². The average Bonchev–Trinajstić information content (AvgIpc) is 2.09. The predicted molar refractivity (Wildman–Crippen MR) is 82.6 cm³/mol. The Balaban J connectivity index is 2.68. The molecule has 102 valence electrons. The molecular weight excluding hydrogens is 240 g/mol. The van der Waals surface area contributed by atoms with Crippen molar-refractivity contribution in [1.82, 2.24) is 0 Å². The Morgan fingerprint density at radius 2 is 1.65 bits per heavy atom. The van der Waals surface area contributed by atoms with E-state index in [0.717, 1.165) is 0 Å². The summed E-state index contributed by atoms with van der Waals surface area (Å²) >= 11 is 0. The molecule has 0 aromatic rings. The van der Waals surface area contributed by atoms with Gasteiger partial charge >= 0.3 is 0 Å². The van der Waals surface area contributed by atoms with Gasteiger partial charge in [-0.2, -0.15) is 0 Å². The average molecular weight is 273 g/mol. The molecule has 1 aliphatic rings. The summed E-state index contributed by atoms with van der Waals surface area (Å²) in [5.74, 6) is 0. The summed E-state index contributed by atoms with van der Waals surface area (Å²) < 4.78 is 6.67. The Kier molecular flexibility index (Phi) is 4.09. The van der Waals surface area contributed by atoms with E-state index < -0.39 is 15.4 Å². The summed E-state index contributed by atoms with van der Waals surface area (Å²) in [6, 6.07) is 1.47. The maximum atomic E-state index is 6.67. The van der Waals surface area contributed by atoms with E-state index in [4.69, 9.17) is 4.43 Å². The van der Waals surface area contributed by atoms with E-state index in [1.807, 2.05) is 0 Å². The third-order valence-corrected chi connectivity index (χ3v) is 21.4. The number of rotatable bonds is 2. The molecule has 0 aromatic heterocycles. The third-order valence-electron chi connectivity index (χ3n) is 4.81. The third kappa shape index (κ3) is 3.93. The lowest BCUT2D eigenvalue weighted by molar-refractivity contribution is 0.0513. The quantitative estimate of drug-likeness (QED) is 0.644. The first-order chi connectivity index (χ1) is 7.37. The van der Waals surface area contributed by atoms with Crippen molar-refractivity contribution in [1.29, 1.82) is 0 Å². The van der Waals surface area contributed by atoms with Crippen LogP contribution in [-0.2, 0) is 4.43 Å². The van der Waals surface area contributed by atoms with Crippen molar-refractivity contribution in [2.45, 2.75) is 84.8 Å². The minimum absolute atomic E-state index is 0.172. The molecule has 0 saturated carbocycles. The maximum absolute atomic E-state index is 6.67. The largest absolute Gasteiger partial charge is 0.415 e. The fraction of sp³-hybridized carbons (Fsp3) is 1.00. The van der Waals surface area contributed by atoms with Crippen LogP contribution >= 0.6 is 0 Å². The van der Waals surface area contributed by atoms with Gasteiger partial charge in [0, 0.05) is 0 Å². The Hall–Kier alpha value is 0.394. The van der Waals surface area contributed by atoms with E-state index in [9.17, 15) is 0 Å². The van der Waals surface area contributed by atoms with Crippen molar-refractivity contribution in [2.24, 2.45) is 5.41 Å². The predicted octanol–water partition coefficient (Wildman–Crippen LogP) is 4.98. The highest BCUT2D eigenvalue weighted by molar-refractivity contribution is 7.38. The van der Waals surface area contributed by atoms with Crippen LogP contribution in [0.2, 0.25) is 32.2 Å². The van der Waals surface area contributed by atoms with E-state index in [2.05, 4.69) is 53.9 Å². The molecule has 1 heterocycles. The molecule has 17 heavy (non-hydrogen) atoms. The van der Waals surface area contributed by atoms with Crippen LogP contribution in [0.5, 0.6) is 0 Å². The van der Waals surface area contributed by atoms with Crippen LogP contribution in [0.4, 0.5) is 0 Å². The van der Waals surface area contributed by atoms with E-state index in [1.54, 1.807) is 0 Å². The van der Waals surface area contributed by atoms with Crippen molar-refractivity contribution >= 4 is 15.4 Å². The van der Waals surface area contributed by atoms with E-state index >= 15 is 0 Å². The van der Waals surface area contributed by atoms with Crippen LogP contribution in [0.25, 0.3) is 0 Å². The van der Waals surface area contributed by atoms with E-state index in [0.29, 0.717) is 5.41 Å². The molecule has 1 atom stereocenters. The first-order valence-electron chi connectivity index (χ1n) is 7.07. The monoisotopic (exact) mass is 272 g/mol. The maximum Gasteiger partial charge on any atom is 0.174 e. The molecule has 0 aromatic carbocycles. The highest BCUT2D eigenvalue weighted by Gasteiger charge is 2.51. The van der Waals surface area contributed by atoms with Crippen LogP contribution < -0.4 is 0 Å². The first-order valence-corrected chi connectivity index (χ1v) is 14.2. The highest BCUT2D eigenvalue weighted by atomic mass is 29.3. The second-order valence-corrected chi connectivity index (χ2v) is 23.7. The topological polar surface area (TPSA) is 9.23 Å². The van der Waals surface area contributed by atoms with Crippen LogP contribution in [0, 0.1) is 5.41 Å². The molecule has 1 saturated heterocycles. The molecule has 3 heteroatoms. The van der Waals surface area contributed by atoms with E-state index in [-0.39, 0.29) is 5.60 Å². The van der Waals surface area contributed by atoms with Crippen LogP contribution in [0.15, 0.2) is 0 Å². The zero-order valence-corrected chi connectivity index (χ0v) is 15.2. The fourth-order valence-corrected chi connectivity index (χ4v) is 9.72. The number of hydrogen-bond acceptors (Lipinski definition) is 1. The Morgan fingerprint density at radius 3 is 2.06 bits per heavy atom. The van der Waals surface area contributed by atoms with Gasteiger partial charge in [0.2, 0.25) is 0 Å². The minimum atomic E-state index is -1.41. The van der Waals surface area contributed by atoms with Gasteiger partial charge in [-0.3, -0.25) is 0 Å². The molecular formula is C14H32OSi2. The van der Waals surface area contributed by atoms with Crippen molar-refractivity contribution in [3.05, 3.63) is 0 Å². The van der Waals surface area contributed by atoms with Crippen LogP contribution in [0.1, 0.15) is 47.0 Å². The zero-order chi connectivity index (χ0) is 13.5. The van der Waals surface area contributed by atoms with Gasteiger partial charge < -0.3 is 4.43 Å². The van der Waals surface area contributed by atoms with Gasteiger partial charge in [-0.1, -0.05) is 39.9 Å². The van der Waals surface area contributed by atoms with Crippen molar-refractivity contribution < 1.29 is 4.43 Å². The first kappa shape index (κ1) is 15.5. The second kappa shape index (κ2) is 4.50. The SMILES string of the molecule is CC(C)(C)CCC1(C)CC[Si](C)(C)[Si](C)(C)O1. The zero-order valence-electron chi connectivity index (χ0n) is 13.2. The molecule has 0 radical (unpaired) electrons. The number of hydrogen-bond donors (Lipinski definition) is 0. The Bertz CT molecular complexity index is 278. The fourth-order valence-electron chi connectivity index (χ4n) is 2.50. The molecule has 0 aliphatic carbocycles. The lowest BCUT2D eigenvalue weighted by Crippen LogP contribution is -2.64. The van der Waals surface area contributed by atoms with Crippen LogP contribution in [0.3, 0.4) is 0 Å². The van der Waals surface area contributed by atoms with E-state index in [1.165, 1.54) is 25.3 Å². The molecule has 1 fully saturated rings. The van der Waals surface area contributed by atoms with Gasteiger partial charge in [-0.05, 0) is 44.7 Å². The molecule has 1 unspecified atom stereocenters. The summed E-state index contributed by atoms with van der Waals surface area (Å²) in [7, 11) is -2.48. The highest BCUT2D eigenvalue weighted by Crippen LogP contribution is 2.42. The standard InChI is InChI=1S/C14H32OSi2/c1-13(2,3)9-10-14(4)11-12-16(5,6)17(7,8)15-14/h9-12H2,1-8H3. The Morgan fingerprint density at radius 1 is 1.12 bits per heavy atom. The van der Waals surface area contributed by atoms with Gasteiger partial charge in [0.05, 0.1) is 13.2 Å². The normalized spacial score (nSPS) is 32.5. The second-order valence-electron chi connectivity index (χ2n) is 8.51. The lowest BCUT2D eigenvalue weighted by Gasteiger charge is -2.51. The molecule has 1 nitrogen and oxygen atoms in total. The summed E-state index contributed by atoms with van der Waals surface area (Å²) in [5.41, 5.74) is 0.605. The van der Waals surface area contributed by atoms with Crippen molar-refractivity contribution in [3.63, 3.8) is 0 Å². The molecule has 0 amide bonds. The smallest absolute Gasteiger partial charge is 0.174 e. The molecule has 1 rings (SSSR count). The van der Waals surface area contributed by atoms with Gasteiger partial charge in [0.15, 0.2) is 7.83 Å². The Labute approximate surface area is 110 Å². The minimum Gasteiger partial charge on any atom is -0.415 e. The molecule has 1 aliphatic heterocycles. The molecule has 0 spiro atoms. The summed E-state index contributed by atoms with van der Waals surface area (Å²) in [4.78, 5) is 0. The van der Waals surface area contributed by atoms with Crippen LogP contribution in [-0.4, -0.2) is 21.0 Å². The summed E-state index contributed by atoms with van der Waals surface area (Å²) in [6.45, 7) is 19.3. The van der Waals surface area contributed by atoms with Crippen molar-refractivity contribution in [3.8, 4) is 0 Å². The summed E-state index contributed by atoms with van der Waals surface area (Å²) in [5, 5.41) is 0. The van der Waals surface area contributed by atoms with Gasteiger partial charge in [0.1, 0.15) is 0 Å². The summed E-state index contributed by atoms with van der Waals surface area (Å²) in [6.07, 6.45) is 3.80. The van der Waals surface area contributed by atoms with Crippen molar-refractivity contribution in [2.75, 3.05) is 0 Å². The van der Waals surface area contributed by atoms with Gasteiger partial charge in [0.25, 0.3) is 0 Å². The molecule has 0 bridgehead atoms.